The lowest BCUT2D eigenvalue weighted by Gasteiger charge is -2.30. The summed E-state index contributed by atoms with van der Waals surface area (Å²) < 4.78 is 5.40. The van der Waals surface area contributed by atoms with Gasteiger partial charge in [-0.15, -0.1) is 12.4 Å². The Bertz CT molecular complexity index is 537. The zero-order chi connectivity index (χ0) is 16.1. The summed E-state index contributed by atoms with van der Waals surface area (Å²) in [6.07, 6.45) is 3.64. The van der Waals surface area contributed by atoms with Crippen molar-refractivity contribution >= 4 is 24.1 Å². The van der Waals surface area contributed by atoms with Crippen molar-refractivity contribution in [1.29, 1.82) is 0 Å². The Morgan fingerprint density at radius 3 is 3.00 bits per heavy atom. The number of anilines is 1. The van der Waals surface area contributed by atoms with Crippen LogP contribution in [0.5, 0.6) is 0 Å². The number of hydrogen-bond acceptors (Lipinski definition) is 5. The van der Waals surface area contributed by atoms with Gasteiger partial charge in [-0.05, 0) is 32.4 Å². The van der Waals surface area contributed by atoms with Crippen LogP contribution in [0.4, 0.5) is 5.82 Å². The van der Waals surface area contributed by atoms with E-state index in [0.29, 0.717) is 12.6 Å². The fraction of sp³-hybridized carbons (Fsp3) is 0.647. The molecule has 134 valence electrons. The van der Waals surface area contributed by atoms with Gasteiger partial charge in [-0.2, -0.15) is 0 Å². The summed E-state index contributed by atoms with van der Waals surface area (Å²) in [5.74, 6) is 1.25. The van der Waals surface area contributed by atoms with Gasteiger partial charge in [-0.25, -0.2) is 4.98 Å². The van der Waals surface area contributed by atoms with Gasteiger partial charge in [0.05, 0.1) is 13.2 Å². The lowest BCUT2D eigenvalue weighted by molar-refractivity contribution is -0.126. The molecule has 2 atom stereocenters. The number of rotatable bonds is 4. The second-order valence-corrected chi connectivity index (χ2v) is 6.38. The number of nitrogens with one attached hydrogen (secondary N) is 2. The number of ether oxygens (including phenoxy) is 1. The Hall–Kier alpha value is -1.37. The molecule has 0 saturated carbocycles. The molecule has 1 aromatic heterocycles. The summed E-state index contributed by atoms with van der Waals surface area (Å²) in [6.45, 7) is 6.76. The number of carbonyl (C=O) groups excluding carboxylic acids is 1. The lowest BCUT2D eigenvalue weighted by atomic mass is 9.92. The normalized spacial score (nSPS) is 24.1. The molecule has 7 heteroatoms. The highest BCUT2D eigenvalue weighted by Crippen LogP contribution is 2.20. The van der Waals surface area contributed by atoms with E-state index in [-0.39, 0.29) is 24.2 Å². The molecule has 3 rings (SSSR count). The molecule has 2 aliphatic heterocycles. The maximum atomic E-state index is 12.4. The van der Waals surface area contributed by atoms with Crippen LogP contribution in [0.15, 0.2) is 18.3 Å². The van der Waals surface area contributed by atoms with Gasteiger partial charge in [-0.3, -0.25) is 4.79 Å². The van der Waals surface area contributed by atoms with Crippen molar-refractivity contribution in [3.8, 4) is 0 Å². The average Bonchev–Trinajstić information content (AvgIpc) is 2.60. The summed E-state index contributed by atoms with van der Waals surface area (Å²) in [5.41, 5.74) is 1.07. The van der Waals surface area contributed by atoms with Gasteiger partial charge in [0.15, 0.2) is 0 Å². The first kappa shape index (κ1) is 19.0. The minimum Gasteiger partial charge on any atom is -0.378 e. The Morgan fingerprint density at radius 2 is 2.25 bits per heavy atom. The SMILES string of the molecule is C[C@H]1C[C@@H](C(=O)NCc2cccnc2N2CCOCC2)CCN1.Cl. The largest absolute Gasteiger partial charge is 0.378 e. The van der Waals surface area contributed by atoms with E-state index in [1.165, 1.54) is 0 Å². The molecule has 0 radical (unpaired) electrons. The molecular formula is C17H27ClN4O2. The van der Waals surface area contributed by atoms with Crippen LogP contribution in [0.2, 0.25) is 0 Å². The second kappa shape index (κ2) is 9.20. The van der Waals surface area contributed by atoms with Crippen LogP contribution in [-0.2, 0) is 16.1 Å². The molecule has 0 spiro atoms. The minimum absolute atomic E-state index is 0. The van der Waals surface area contributed by atoms with Crippen LogP contribution in [0.3, 0.4) is 0 Å². The van der Waals surface area contributed by atoms with Crippen molar-refractivity contribution in [1.82, 2.24) is 15.6 Å². The van der Waals surface area contributed by atoms with Crippen molar-refractivity contribution in [3.05, 3.63) is 23.9 Å². The number of amides is 1. The number of halogens is 1. The fourth-order valence-electron chi connectivity index (χ4n) is 3.32. The topological polar surface area (TPSA) is 66.5 Å². The van der Waals surface area contributed by atoms with Gasteiger partial charge in [0.1, 0.15) is 5.82 Å². The fourth-order valence-corrected chi connectivity index (χ4v) is 3.32. The van der Waals surface area contributed by atoms with Crippen LogP contribution in [0.25, 0.3) is 0 Å². The highest BCUT2D eigenvalue weighted by atomic mass is 35.5. The van der Waals surface area contributed by atoms with E-state index in [2.05, 4.69) is 27.4 Å². The molecule has 0 bridgehead atoms. The minimum atomic E-state index is 0. The van der Waals surface area contributed by atoms with Crippen LogP contribution >= 0.6 is 12.4 Å². The predicted octanol–water partition coefficient (Wildman–Crippen LogP) is 1.34. The Kier molecular flexibility index (Phi) is 7.27. The van der Waals surface area contributed by atoms with Gasteiger partial charge in [0, 0.05) is 43.4 Å². The van der Waals surface area contributed by atoms with Crippen LogP contribution in [0, 0.1) is 5.92 Å². The quantitative estimate of drug-likeness (QED) is 0.854. The summed E-state index contributed by atoms with van der Waals surface area (Å²) in [5, 5.41) is 6.49. The number of piperidine rings is 1. The summed E-state index contributed by atoms with van der Waals surface area (Å²) in [7, 11) is 0. The lowest BCUT2D eigenvalue weighted by Crippen LogP contribution is -2.42. The Labute approximate surface area is 149 Å². The van der Waals surface area contributed by atoms with E-state index < -0.39 is 0 Å². The van der Waals surface area contributed by atoms with Gasteiger partial charge in [0.2, 0.25) is 5.91 Å². The van der Waals surface area contributed by atoms with E-state index in [4.69, 9.17) is 4.74 Å². The number of morpholine rings is 1. The standard InChI is InChI=1S/C17H26N4O2.ClH/c1-13-11-14(4-6-18-13)17(22)20-12-15-3-2-5-19-16(15)21-7-9-23-10-8-21;/h2-3,5,13-14,18H,4,6-12H2,1H3,(H,20,22);1H/t13-,14-;/m0./s1. The first-order valence-corrected chi connectivity index (χ1v) is 8.51. The van der Waals surface area contributed by atoms with E-state index >= 15 is 0 Å². The highest BCUT2D eigenvalue weighted by molar-refractivity contribution is 5.85. The Balaban J connectivity index is 0.00000208. The molecule has 0 aliphatic carbocycles. The third-order valence-corrected chi connectivity index (χ3v) is 4.63. The smallest absolute Gasteiger partial charge is 0.223 e. The average molecular weight is 355 g/mol. The van der Waals surface area contributed by atoms with Gasteiger partial charge in [-0.1, -0.05) is 6.07 Å². The maximum Gasteiger partial charge on any atom is 0.223 e. The van der Waals surface area contributed by atoms with Gasteiger partial charge < -0.3 is 20.3 Å². The van der Waals surface area contributed by atoms with Crippen molar-refractivity contribution < 1.29 is 9.53 Å². The van der Waals surface area contributed by atoms with Crippen LogP contribution < -0.4 is 15.5 Å². The molecule has 6 nitrogen and oxygen atoms in total. The molecule has 1 aromatic rings. The third-order valence-electron chi connectivity index (χ3n) is 4.63. The number of pyridine rings is 1. The molecule has 0 aromatic carbocycles. The van der Waals surface area contributed by atoms with E-state index in [1.54, 1.807) is 0 Å². The molecule has 0 unspecified atom stereocenters. The number of nitrogens with zero attached hydrogens (tertiary/aromatic N) is 2. The molecule has 2 N–H and O–H groups in total. The zero-order valence-corrected chi connectivity index (χ0v) is 15.0. The number of carbonyl (C=O) groups is 1. The first-order chi connectivity index (χ1) is 11.2. The molecular weight excluding hydrogens is 328 g/mol. The number of aromatic nitrogens is 1. The van der Waals surface area contributed by atoms with Gasteiger partial charge in [0.25, 0.3) is 0 Å². The summed E-state index contributed by atoms with van der Waals surface area (Å²) in [6, 6.07) is 4.39. The van der Waals surface area contributed by atoms with E-state index in [9.17, 15) is 4.79 Å². The first-order valence-electron chi connectivity index (χ1n) is 8.51. The van der Waals surface area contributed by atoms with Crippen molar-refractivity contribution in [2.75, 3.05) is 37.7 Å². The van der Waals surface area contributed by atoms with E-state index in [1.807, 2.05) is 18.3 Å². The Morgan fingerprint density at radius 1 is 1.46 bits per heavy atom. The monoisotopic (exact) mass is 354 g/mol. The van der Waals surface area contributed by atoms with Crippen molar-refractivity contribution in [3.63, 3.8) is 0 Å². The predicted molar refractivity (Wildman–Crippen MR) is 96.6 cm³/mol. The van der Waals surface area contributed by atoms with Gasteiger partial charge >= 0.3 is 0 Å². The number of hydrogen-bond donors (Lipinski definition) is 2. The van der Waals surface area contributed by atoms with E-state index in [0.717, 1.165) is 57.1 Å². The molecule has 1 amide bonds. The molecule has 2 saturated heterocycles. The van der Waals surface area contributed by atoms with Crippen molar-refractivity contribution in [2.24, 2.45) is 5.92 Å². The second-order valence-electron chi connectivity index (χ2n) is 6.38. The highest BCUT2D eigenvalue weighted by Gasteiger charge is 2.25. The van der Waals surface area contributed by atoms with Crippen LogP contribution in [0.1, 0.15) is 25.3 Å². The zero-order valence-electron chi connectivity index (χ0n) is 14.2. The third kappa shape index (κ3) is 4.82. The molecule has 3 heterocycles. The van der Waals surface area contributed by atoms with Crippen LogP contribution in [-0.4, -0.2) is 49.8 Å². The van der Waals surface area contributed by atoms with Crippen molar-refractivity contribution in [2.45, 2.75) is 32.4 Å². The molecule has 24 heavy (non-hydrogen) atoms. The molecule has 2 aliphatic rings. The summed E-state index contributed by atoms with van der Waals surface area (Å²) >= 11 is 0. The molecule has 2 fully saturated rings. The maximum absolute atomic E-state index is 12.4. The summed E-state index contributed by atoms with van der Waals surface area (Å²) in [4.78, 5) is 19.2.